The Kier molecular flexibility index (Phi) is 3.69. The van der Waals surface area contributed by atoms with Crippen LogP contribution in [0.4, 0.5) is 5.69 Å². The Morgan fingerprint density at radius 1 is 1.29 bits per heavy atom. The van der Waals surface area contributed by atoms with Crippen LogP contribution in [-0.2, 0) is 4.79 Å². The topological polar surface area (TPSA) is 20.3 Å². The van der Waals surface area contributed by atoms with Gasteiger partial charge in [0, 0.05) is 19.2 Å². The molecule has 0 fully saturated rings. The van der Waals surface area contributed by atoms with Crippen molar-refractivity contribution >= 4 is 11.6 Å². The highest BCUT2D eigenvalue weighted by Gasteiger charge is 2.08. The first-order chi connectivity index (χ1) is 6.65. The van der Waals surface area contributed by atoms with Crippen LogP contribution in [0.5, 0.6) is 0 Å². The molecule has 2 heteroatoms. The highest BCUT2D eigenvalue weighted by molar-refractivity contribution is 5.92. The fourth-order valence-electron chi connectivity index (χ4n) is 1.29. The number of carbonyl (C=O) groups is 1. The van der Waals surface area contributed by atoms with Crippen LogP contribution in [-0.4, -0.2) is 13.0 Å². The lowest BCUT2D eigenvalue weighted by atomic mass is 10.2. The largest absolute Gasteiger partial charge is 0.316 e. The molecule has 0 aliphatic heterocycles. The summed E-state index contributed by atoms with van der Waals surface area (Å²) in [6, 6.07) is 7.99. The maximum atomic E-state index is 11.6. The number of rotatable bonds is 3. The molecule has 2 nitrogen and oxygen atoms in total. The van der Waals surface area contributed by atoms with Crippen LogP contribution in [0.2, 0.25) is 0 Å². The Hall–Kier alpha value is -1.31. The molecule has 0 aromatic heterocycles. The number of amides is 1. The SMILES string of the molecule is CCCC(=O)N(C)c1ccc(C)cc1. The zero-order valence-electron chi connectivity index (χ0n) is 9.08. The molecule has 1 rings (SSSR count). The van der Waals surface area contributed by atoms with Gasteiger partial charge >= 0.3 is 0 Å². The molecule has 0 atom stereocenters. The highest BCUT2D eigenvalue weighted by atomic mass is 16.2. The van der Waals surface area contributed by atoms with Crippen molar-refractivity contribution in [3.63, 3.8) is 0 Å². The van der Waals surface area contributed by atoms with E-state index in [0.29, 0.717) is 6.42 Å². The number of nitrogens with zero attached hydrogens (tertiary/aromatic N) is 1. The maximum absolute atomic E-state index is 11.6. The predicted octanol–water partition coefficient (Wildman–Crippen LogP) is 2.76. The lowest BCUT2D eigenvalue weighted by Crippen LogP contribution is -2.25. The van der Waals surface area contributed by atoms with Crippen LogP contribution in [0, 0.1) is 6.92 Å². The first-order valence-corrected chi connectivity index (χ1v) is 4.98. The van der Waals surface area contributed by atoms with Crippen molar-refractivity contribution in [1.29, 1.82) is 0 Å². The van der Waals surface area contributed by atoms with Crippen LogP contribution in [0.3, 0.4) is 0 Å². The van der Waals surface area contributed by atoms with Crippen LogP contribution in [0.15, 0.2) is 24.3 Å². The molecule has 0 saturated carbocycles. The van der Waals surface area contributed by atoms with E-state index in [1.165, 1.54) is 5.56 Å². The molecular weight excluding hydrogens is 174 g/mol. The zero-order valence-corrected chi connectivity index (χ0v) is 9.08. The standard InChI is InChI=1S/C12H17NO/c1-4-5-12(14)13(3)11-8-6-10(2)7-9-11/h6-9H,4-5H2,1-3H3. The smallest absolute Gasteiger partial charge is 0.226 e. The minimum absolute atomic E-state index is 0.177. The van der Waals surface area contributed by atoms with Gasteiger partial charge in [0.2, 0.25) is 5.91 Å². The van der Waals surface area contributed by atoms with Crippen molar-refractivity contribution in [3.05, 3.63) is 29.8 Å². The summed E-state index contributed by atoms with van der Waals surface area (Å²) in [7, 11) is 1.82. The van der Waals surface area contributed by atoms with E-state index in [9.17, 15) is 4.79 Å². The molecule has 14 heavy (non-hydrogen) atoms. The molecule has 1 aromatic carbocycles. The van der Waals surface area contributed by atoms with Crippen molar-refractivity contribution in [3.8, 4) is 0 Å². The van der Waals surface area contributed by atoms with Crippen LogP contribution >= 0.6 is 0 Å². The first kappa shape index (κ1) is 10.8. The predicted molar refractivity (Wildman–Crippen MR) is 59.5 cm³/mol. The summed E-state index contributed by atoms with van der Waals surface area (Å²) in [5.74, 6) is 0.177. The quantitative estimate of drug-likeness (QED) is 0.719. The third-order valence-electron chi connectivity index (χ3n) is 2.26. The minimum Gasteiger partial charge on any atom is -0.316 e. The van der Waals surface area contributed by atoms with Crippen LogP contribution in [0.25, 0.3) is 0 Å². The molecule has 0 bridgehead atoms. The molecule has 1 amide bonds. The maximum Gasteiger partial charge on any atom is 0.226 e. The van der Waals surface area contributed by atoms with Gasteiger partial charge in [-0.05, 0) is 25.5 Å². The second-order valence-corrected chi connectivity index (χ2v) is 3.54. The van der Waals surface area contributed by atoms with Gasteiger partial charge in [-0.25, -0.2) is 0 Å². The lowest BCUT2D eigenvalue weighted by molar-refractivity contribution is -0.118. The van der Waals surface area contributed by atoms with Gasteiger partial charge < -0.3 is 4.90 Å². The summed E-state index contributed by atoms with van der Waals surface area (Å²) in [5.41, 5.74) is 2.18. The Morgan fingerprint density at radius 2 is 1.86 bits per heavy atom. The van der Waals surface area contributed by atoms with Gasteiger partial charge in [0.25, 0.3) is 0 Å². The molecule has 0 unspecified atom stereocenters. The van der Waals surface area contributed by atoms with E-state index in [1.54, 1.807) is 4.90 Å². The monoisotopic (exact) mass is 191 g/mol. The summed E-state index contributed by atoms with van der Waals surface area (Å²) in [4.78, 5) is 13.3. The molecule has 0 radical (unpaired) electrons. The summed E-state index contributed by atoms with van der Waals surface area (Å²) in [6.45, 7) is 4.05. The van der Waals surface area contributed by atoms with Gasteiger partial charge in [-0.2, -0.15) is 0 Å². The van der Waals surface area contributed by atoms with Crippen LogP contribution < -0.4 is 4.90 Å². The Labute approximate surface area is 85.5 Å². The molecule has 0 heterocycles. The molecule has 1 aromatic rings. The summed E-state index contributed by atoms with van der Waals surface area (Å²) < 4.78 is 0. The van der Waals surface area contributed by atoms with E-state index in [2.05, 4.69) is 0 Å². The molecule has 0 aliphatic carbocycles. The van der Waals surface area contributed by atoms with Crippen molar-refractivity contribution in [2.24, 2.45) is 0 Å². The number of hydrogen-bond donors (Lipinski definition) is 0. The van der Waals surface area contributed by atoms with E-state index < -0.39 is 0 Å². The zero-order chi connectivity index (χ0) is 10.6. The fourth-order valence-corrected chi connectivity index (χ4v) is 1.29. The minimum atomic E-state index is 0.177. The average molecular weight is 191 g/mol. The van der Waals surface area contributed by atoms with Gasteiger partial charge in [-0.3, -0.25) is 4.79 Å². The average Bonchev–Trinajstić information content (AvgIpc) is 2.18. The Balaban J connectivity index is 2.73. The van der Waals surface area contributed by atoms with Gasteiger partial charge in [0.15, 0.2) is 0 Å². The number of anilines is 1. The van der Waals surface area contributed by atoms with E-state index in [1.807, 2.05) is 45.2 Å². The Morgan fingerprint density at radius 3 is 2.36 bits per heavy atom. The third kappa shape index (κ3) is 2.59. The molecule has 0 spiro atoms. The molecular formula is C12H17NO. The summed E-state index contributed by atoms with van der Waals surface area (Å²) >= 11 is 0. The fraction of sp³-hybridized carbons (Fsp3) is 0.417. The number of carbonyl (C=O) groups excluding carboxylic acids is 1. The van der Waals surface area contributed by atoms with E-state index >= 15 is 0 Å². The summed E-state index contributed by atoms with van der Waals surface area (Å²) in [6.07, 6.45) is 1.51. The van der Waals surface area contributed by atoms with E-state index in [-0.39, 0.29) is 5.91 Å². The van der Waals surface area contributed by atoms with Crippen molar-refractivity contribution in [1.82, 2.24) is 0 Å². The normalized spacial score (nSPS) is 9.93. The van der Waals surface area contributed by atoms with Gasteiger partial charge in [0.05, 0.1) is 0 Å². The van der Waals surface area contributed by atoms with Crippen molar-refractivity contribution in [2.45, 2.75) is 26.7 Å². The number of benzene rings is 1. The Bertz CT molecular complexity index is 303. The van der Waals surface area contributed by atoms with E-state index in [0.717, 1.165) is 12.1 Å². The molecule has 0 saturated heterocycles. The van der Waals surface area contributed by atoms with Gasteiger partial charge in [-0.15, -0.1) is 0 Å². The van der Waals surface area contributed by atoms with E-state index in [4.69, 9.17) is 0 Å². The lowest BCUT2D eigenvalue weighted by Gasteiger charge is -2.16. The number of aryl methyl sites for hydroxylation is 1. The van der Waals surface area contributed by atoms with Gasteiger partial charge in [-0.1, -0.05) is 24.6 Å². The highest BCUT2D eigenvalue weighted by Crippen LogP contribution is 2.14. The van der Waals surface area contributed by atoms with Gasteiger partial charge in [0.1, 0.15) is 0 Å². The molecule has 0 N–H and O–H groups in total. The number of hydrogen-bond acceptors (Lipinski definition) is 1. The second kappa shape index (κ2) is 4.80. The first-order valence-electron chi connectivity index (χ1n) is 4.98. The van der Waals surface area contributed by atoms with Crippen molar-refractivity contribution < 1.29 is 4.79 Å². The second-order valence-electron chi connectivity index (χ2n) is 3.54. The van der Waals surface area contributed by atoms with Crippen LogP contribution in [0.1, 0.15) is 25.3 Å². The molecule has 0 aliphatic rings. The third-order valence-corrected chi connectivity index (χ3v) is 2.26. The van der Waals surface area contributed by atoms with Crippen molar-refractivity contribution in [2.75, 3.05) is 11.9 Å². The molecule has 76 valence electrons. The summed E-state index contributed by atoms with van der Waals surface area (Å²) in [5, 5.41) is 0.